The second kappa shape index (κ2) is 10.4. The van der Waals surface area contributed by atoms with Crippen molar-refractivity contribution in [1.82, 2.24) is 9.80 Å². The molecule has 2 aromatic rings. The third-order valence-electron chi connectivity index (χ3n) is 6.13. The number of benzene rings is 2. The number of nitro groups is 1. The van der Waals surface area contributed by atoms with Gasteiger partial charge >= 0.3 is 0 Å². The molecular weight excluding hydrogens is 478 g/mol. The van der Waals surface area contributed by atoms with Gasteiger partial charge in [0.15, 0.2) is 0 Å². The quantitative estimate of drug-likeness (QED) is 0.194. The number of halogens is 1. The molecule has 10 nitrogen and oxygen atoms in total. The van der Waals surface area contributed by atoms with Crippen molar-refractivity contribution in [3.05, 3.63) is 74.3 Å². The number of morpholine rings is 1. The van der Waals surface area contributed by atoms with Crippen LogP contribution in [0.4, 0.5) is 5.69 Å². The maximum atomic E-state index is 13.1. The lowest BCUT2D eigenvalue weighted by Crippen LogP contribution is -2.39. The number of non-ortho nitro benzene ring substituents is 1. The Morgan fingerprint density at radius 3 is 2.60 bits per heavy atom. The lowest BCUT2D eigenvalue weighted by molar-refractivity contribution is -0.384. The average molecular weight is 502 g/mol. The number of likely N-dealkylation sites (tertiary alicyclic amines) is 1. The molecular formula is C24H24ClN3O7. The molecule has 35 heavy (non-hydrogen) atoms. The van der Waals surface area contributed by atoms with Crippen LogP contribution in [0.5, 0.6) is 5.75 Å². The summed E-state index contributed by atoms with van der Waals surface area (Å²) in [6, 6.07) is 8.48. The van der Waals surface area contributed by atoms with Gasteiger partial charge in [0.1, 0.15) is 11.5 Å². The van der Waals surface area contributed by atoms with Crippen LogP contribution in [0, 0.1) is 10.1 Å². The molecule has 0 spiro atoms. The van der Waals surface area contributed by atoms with Gasteiger partial charge in [-0.15, -0.1) is 0 Å². The maximum Gasteiger partial charge on any atom is 0.295 e. The predicted molar refractivity (Wildman–Crippen MR) is 127 cm³/mol. The molecule has 0 saturated carbocycles. The van der Waals surface area contributed by atoms with Crippen LogP contribution in [0.15, 0.2) is 48.0 Å². The molecule has 0 bridgehead atoms. The molecule has 2 heterocycles. The van der Waals surface area contributed by atoms with Gasteiger partial charge in [-0.2, -0.15) is 0 Å². The van der Waals surface area contributed by atoms with Crippen molar-refractivity contribution < 1.29 is 29.5 Å². The first-order valence-electron chi connectivity index (χ1n) is 11.1. The van der Waals surface area contributed by atoms with Gasteiger partial charge in [-0.05, 0) is 30.2 Å². The Kier molecular flexibility index (Phi) is 7.34. The van der Waals surface area contributed by atoms with E-state index in [9.17, 15) is 29.9 Å². The third kappa shape index (κ3) is 5.14. The van der Waals surface area contributed by atoms with E-state index in [-0.39, 0.29) is 34.1 Å². The van der Waals surface area contributed by atoms with Crippen LogP contribution >= 0.6 is 11.6 Å². The second-order valence-electron chi connectivity index (χ2n) is 8.31. The number of rotatable bonds is 7. The number of nitro benzene ring substituents is 1. The van der Waals surface area contributed by atoms with Crippen LogP contribution < -0.4 is 0 Å². The molecule has 2 N–H and O–H groups in total. The fourth-order valence-corrected chi connectivity index (χ4v) is 4.57. The Hall–Kier alpha value is -3.47. The van der Waals surface area contributed by atoms with Gasteiger partial charge in [0.05, 0.1) is 35.3 Å². The zero-order valence-corrected chi connectivity index (χ0v) is 19.5. The smallest absolute Gasteiger partial charge is 0.295 e. The molecule has 2 aliphatic rings. The predicted octanol–water partition coefficient (Wildman–Crippen LogP) is 3.10. The van der Waals surface area contributed by atoms with Gasteiger partial charge in [0.25, 0.3) is 17.4 Å². The van der Waals surface area contributed by atoms with Crippen LogP contribution in [0.3, 0.4) is 0 Å². The first-order valence-corrected chi connectivity index (χ1v) is 11.5. The van der Waals surface area contributed by atoms with Gasteiger partial charge in [-0.1, -0.05) is 23.7 Å². The lowest BCUT2D eigenvalue weighted by Gasteiger charge is -2.29. The molecule has 1 amide bonds. The van der Waals surface area contributed by atoms with E-state index in [1.165, 1.54) is 41.3 Å². The Labute approximate surface area is 206 Å². The van der Waals surface area contributed by atoms with Crippen molar-refractivity contribution in [3.8, 4) is 5.75 Å². The molecule has 4 rings (SSSR count). The zero-order chi connectivity index (χ0) is 25.1. The van der Waals surface area contributed by atoms with Crippen LogP contribution in [0.2, 0.25) is 5.02 Å². The first-order chi connectivity index (χ1) is 16.8. The molecule has 0 radical (unpaired) electrons. The van der Waals surface area contributed by atoms with E-state index in [4.69, 9.17) is 16.3 Å². The van der Waals surface area contributed by atoms with E-state index in [2.05, 4.69) is 4.90 Å². The summed E-state index contributed by atoms with van der Waals surface area (Å²) in [5.74, 6) is -2.70. The summed E-state index contributed by atoms with van der Waals surface area (Å²) in [5.41, 5.74) is -0.293. The van der Waals surface area contributed by atoms with E-state index in [1.807, 2.05) is 0 Å². The van der Waals surface area contributed by atoms with Crippen LogP contribution in [0.1, 0.15) is 23.6 Å². The number of Topliss-reactive ketones (excluding diaryl/α,β-unsaturated/α-hetero) is 1. The van der Waals surface area contributed by atoms with Crippen molar-refractivity contribution in [2.24, 2.45) is 0 Å². The van der Waals surface area contributed by atoms with Gasteiger partial charge in [-0.3, -0.25) is 24.6 Å². The van der Waals surface area contributed by atoms with Crippen molar-refractivity contribution in [1.29, 1.82) is 0 Å². The van der Waals surface area contributed by atoms with Crippen molar-refractivity contribution >= 4 is 34.7 Å². The van der Waals surface area contributed by atoms with E-state index in [1.54, 1.807) is 6.07 Å². The monoisotopic (exact) mass is 501 g/mol. The number of phenols is 1. The van der Waals surface area contributed by atoms with Crippen molar-refractivity contribution in [2.45, 2.75) is 12.5 Å². The highest BCUT2D eigenvalue weighted by atomic mass is 35.5. The molecule has 1 atom stereocenters. The summed E-state index contributed by atoms with van der Waals surface area (Å²) in [6.45, 7) is 3.64. The van der Waals surface area contributed by atoms with Gasteiger partial charge in [0, 0.05) is 43.3 Å². The Bertz CT molecular complexity index is 1190. The normalized spacial score (nSPS) is 20.4. The molecule has 11 heteroatoms. The van der Waals surface area contributed by atoms with Crippen LogP contribution in [-0.4, -0.2) is 76.0 Å². The zero-order valence-electron chi connectivity index (χ0n) is 18.7. The largest absolute Gasteiger partial charge is 0.507 e. The van der Waals surface area contributed by atoms with Crippen LogP contribution in [-0.2, 0) is 14.3 Å². The fraction of sp³-hybridized carbons (Fsp3) is 0.333. The number of aliphatic hydroxyl groups is 1. The number of aliphatic hydroxyl groups excluding tert-OH is 1. The number of carbonyl (C=O) groups excluding carboxylic acids is 2. The summed E-state index contributed by atoms with van der Waals surface area (Å²) in [6.07, 6.45) is 0.543. The highest BCUT2D eigenvalue weighted by Crippen LogP contribution is 2.42. The topological polar surface area (TPSA) is 133 Å². The second-order valence-corrected chi connectivity index (χ2v) is 8.75. The van der Waals surface area contributed by atoms with Crippen molar-refractivity contribution in [3.63, 3.8) is 0 Å². The van der Waals surface area contributed by atoms with E-state index >= 15 is 0 Å². The number of nitrogens with zero attached hydrogens (tertiary/aromatic N) is 3. The molecule has 1 unspecified atom stereocenters. The summed E-state index contributed by atoms with van der Waals surface area (Å²) < 4.78 is 5.35. The lowest BCUT2D eigenvalue weighted by atomic mass is 9.94. The first kappa shape index (κ1) is 24.6. The number of amides is 1. The molecule has 2 saturated heterocycles. The van der Waals surface area contributed by atoms with E-state index in [0.29, 0.717) is 31.7 Å². The summed E-state index contributed by atoms with van der Waals surface area (Å²) in [5, 5.41) is 32.9. The Morgan fingerprint density at radius 1 is 1.14 bits per heavy atom. The number of aromatic hydroxyl groups is 1. The van der Waals surface area contributed by atoms with Gasteiger partial charge in [0.2, 0.25) is 0 Å². The Morgan fingerprint density at radius 2 is 1.89 bits per heavy atom. The highest BCUT2D eigenvalue weighted by molar-refractivity contribution is 6.46. The summed E-state index contributed by atoms with van der Waals surface area (Å²) in [7, 11) is 0. The average Bonchev–Trinajstić information content (AvgIpc) is 3.11. The minimum absolute atomic E-state index is 0.112. The minimum atomic E-state index is -1.07. The fourth-order valence-electron chi connectivity index (χ4n) is 4.40. The summed E-state index contributed by atoms with van der Waals surface area (Å²) in [4.78, 5) is 40.5. The molecule has 2 aromatic carbocycles. The number of phenolic OH excluding ortho intramolecular Hbond substituents is 1. The summed E-state index contributed by atoms with van der Waals surface area (Å²) >= 11 is 6.02. The SMILES string of the molecule is O=C1C(=O)N(CCCN2CCOCC2)C(c2cccc([N+](=O)[O-])c2)/C1=C(\O)c1cc(Cl)ccc1O. The highest BCUT2D eigenvalue weighted by Gasteiger charge is 2.46. The number of ether oxygens (including phenoxy) is 1. The number of ketones is 1. The minimum Gasteiger partial charge on any atom is -0.507 e. The van der Waals surface area contributed by atoms with Crippen LogP contribution in [0.25, 0.3) is 5.76 Å². The molecule has 2 aliphatic heterocycles. The third-order valence-corrected chi connectivity index (χ3v) is 6.36. The standard InChI is InChI=1S/C24H24ClN3O7/c25-16-5-6-19(29)18(14-16)22(30)20-21(15-3-1-4-17(13-15)28(33)34)27(24(32)23(20)31)8-2-7-26-9-11-35-12-10-26/h1,3-6,13-14,21,29-30H,2,7-12H2/b22-20+. The molecule has 0 aromatic heterocycles. The molecule has 2 fully saturated rings. The number of hydrogen-bond acceptors (Lipinski definition) is 8. The number of hydrogen-bond donors (Lipinski definition) is 2. The van der Waals surface area contributed by atoms with Crippen molar-refractivity contribution in [2.75, 3.05) is 39.4 Å². The molecule has 184 valence electrons. The van der Waals surface area contributed by atoms with E-state index in [0.717, 1.165) is 13.1 Å². The number of carbonyl (C=O) groups is 2. The molecule has 0 aliphatic carbocycles. The van der Waals surface area contributed by atoms with Gasteiger partial charge in [-0.25, -0.2) is 0 Å². The maximum absolute atomic E-state index is 13.1. The Balaban J connectivity index is 1.74. The van der Waals surface area contributed by atoms with Gasteiger partial charge < -0.3 is 19.8 Å². The van der Waals surface area contributed by atoms with E-state index < -0.39 is 28.4 Å².